The normalized spacial score (nSPS) is 16.0. The first-order valence-corrected chi connectivity index (χ1v) is 8.32. The highest BCUT2D eigenvalue weighted by molar-refractivity contribution is 5.97. The molecule has 1 atom stereocenters. The summed E-state index contributed by atoms with van der Waals surface area (Å²) in [5.74, 6) is 0.206. The fraction of sp³-hybridized carbons (Fsp3) is 0.300. The third-order valence-electron chi connectivity index (χ3n) is 4.76. The Kier molecular flexibility index (Phi) is 5.14. The molecule has 130 valence electrons. The molecule has 0 radical (unpaired) electrons. The lowest BCUT2D eigenvalue weighted by Crippen LogP contribution is -2.32. The second-order valence-corrected chi connectivity index (χ2v) is 6.35. The van der Waals surface area contributed by atoms with Crippen LogP contribution in [-0.4, -0.2) is 24.0 Å². The Balaban J connectivity index is 1.73. The minimum atomic E-state index is -0.342. The van der Waals surface area contributed by atoms with Gasteiger partial charge in [-0.15, -0.1) is 0 Å². The van der Waals surface area contributed by atoms with Crippen molar-refractivity contribution in [3.63, 3.8) is 0 Å². The number of fused-ring (bicyclic) bond motifs is 1. The van der Waals surface area contributed by atoms with Crippen LogP contribution in [0, 0.1) is 5.92 Å². The van der Waals surface area contributed by atoms with Gasteiger partial charge in [0.1, 0.15) is 5.75 Å². The maximum absolute atomic E-state index is 12.5. The highest BCUT2D eigenvalue weighted by Crippen LogP contribution is 2.27. The summed E-state index contributed by atoms with van der Waals surface area (Å²) < 4.78 is 5.11. The summed E-state index contributed by atoms with van der Waals surface area (Å²) >= 11 is 0. The highest BCUT2D eigenvalue weighted by Gasteiger charge is 2.24. The lowest BCUT2D eigenvalue weighted by atomic mass is 9.82. The number of aryl methyl sites for hydroxylation is 1. The van der Waals surface area contributed by atoms with E-state index < -0.39 is 0 Å². The van der Waals surface area contributed by atoms with E-state index in [0.29, 0.717) is 18.4 Å². The second kappa shape index (κ2) is 7.49. The van der Waals surface area contributed by atoms with Crippen LogP contribution in [0.15, 0.2) is 42.5 Å². The molecule has 0 bridgehead atoms. The van der Waals surface area contributed by atoms with E-state index in [2.05, 4.69) is 0 Å². The molecule has 0 fully saturated rings. The first kappa shape index (κ1) is 17.2. The van der Waals surface area contributed by atoms with Crippen LogP contribution >= 0.6 is 0 Å². The van der Waals surface area contributed by atoms with Gasteiger partial charge < -0.3 is 4.74 Å². The van der Waals surface area contributed by atoms with Gasteiger partial charge in [0, 0.05) is 17.9 Å². The Labute approximate surface area is 146 Å². The van der Waals surface area contributed by atoms with Crippen molar-refractivity contribution in [2.24, 2.45) is 5.92 Å². The summed E-state index contributed by atoms with van der Waals surface area (Å²) in [6.07, 6.45) is 2.44. The van der Waals surface area contributed by atoms with E-state index >= 15 is 0 Å². The maximum Gasteiger partial charge on any atom is 0.246 e. The van der Waals surface area contributed by atoms with Gasteiger partial charge in [0.05, 0.1) is 7.11 Å². The first-order chi connectivity index (χ1) is 12.1. The molecule has 5 nitrogen and oxygen atoms in total. The lowest BCUT2D eigenvalue weighted by Gasteiger charge is -2.23. The van der Waals surface area contributed by atoms with Crippen LogP contribution in [0.1, 0.15) is 33.5 Å². The monoisotopic (exact) mass is 339 g/mol. The fourth-order valence-electron chi connectivity index (χ4n) is 3.30. The standard InChI is InChI=1S/C20H21NO4/c1-25-18-8-6-15(7-9-18)19(22)11-13-2-3-14-4-5-16(20(23)21-24)12-17(14)10-13/h2-3,6-10,16,24H,4-5,11-12H2,1H3,(H,21,23). The van der Waals surface area contributed by atoms with Crippen molar-refractivity contribution in [2.75, 3.05) is 7.11 Å². The Bertz CT molecular complexity index is 783. The third-order valence-corrected chi connectivity index (χ3v) is 4.76. The van der Waals surface area contributed by atoms with Gasteiger partial charge in [-0.1, -0.05) is 18.2 Å². The summed E-state index contributed by atoms with van der Waals surface area (Å²) in [5.41, 5.74) is 5.62. The quantitative estimate of drug-likeness (QED) is 0.499. The number of Topliss-reactive ketones (excluding diaryl/α,β-unsaturated/α-hetero) is 1. The zero-order valence-electron chi connectivity index (χ0n) is 14.1. The molecule has 0 aliphatic heterocycles. The largest absolute Gasteiger partial charge is 0.497 e. The number of amides is 1. The van der Waals surface area contributed by atoms with Crippen LogP contribution in [0.3, 0.4) is 0 Å². The average molecular weight is 339 g/mol. The van der Waals surface area contributed by atoms with Crippen molar-refractivity contribution in [1.29, 1.82) is 0 Å². The molecule has 0 saturated carbocycles. The molecule has 3 rings (SSSR count). The first-order valence-electron chi connectivity index (χ1n) is 8.32. The molecule has 0 aromatic heterocycles. The number of hydroxylamine groups is 1. The van der Waals surface area contributed by atoms with E-state index in [0.717, 1.165) is 29.7 Å². The average Bonchev–Trinajstić information content (AvgIpc) is 2.66. The van der Waals surface area contributed by atoms with E-state index in [9.17, 15) is 9.59 Å². The number of nitrogens with one attached hydrogen (secondary N) is 1. The molecule has 2 aromatic carbocycles. The molecule has 5 heteroatoms. The number of ketones is 1. The van der Waals surface area contributed by atoms with Crippen LogP contribution in [0.25, 0.3) is 0 Å². The number of carbonyl (C=O) groups is 2. The van der Waals surface area contributed by atoms with Crippen molar-refractivity contribution in [3.8, 4) is 5.75 Å². The summed E-state index contributed by atoms with van der Waals surface area (Å²) in [4.78, 5) is 24.1. The predicted octanol–water partition coefficient (Wildman–Crippen LogP) is 2.73. The van der Waals surface area contributed by atoms with Crippen LogP contribution in [0.2, 0.25) is 0 Å². The lowest BCUT2D eigenvalue weighted by molar-refractivity contribution is -0.133. The molecule has 0 spiro atoms. The van der Waals surface area contributed by atoms with Crippen molar-refractivity contribution in [2.45, 2.75) is 25.7 Å². The van der Waals surface area contributed by atoms with Crippen molar-refractivity contribution in [3.05, 3.63) is 64.7 Å². The van der Waals surface area contributed by atoms with Gasteiger partial charge in [-0.05, 0) is 60.2 Å². The molecule has 1 unspecified atom stereocenters. The second-order valence-electron chi connectivity index (χ2n) is 6.35. The molecule has 1 amide bonds. The fourth-order valence-corrected chi connectivity index (χ4v) is 3.30. The smallest absolute Gasteiger partial charge is 0.246 e. The number of rotatable bonds is 5. The van der Waals surface area contributed by atoms with E-state index in [1.807, 2.05) is 18.2 Å². The minimum absolute atomic E-state index is 0.0445. The van der Waals surface area contributed by atoms with Gasteiger partial charge in [0.25, 0.3) is 0 Å². The molecule has 2 N–H and O–H groups in total. The number of carbonyl (C=O) groups excluding carboxylic acids is 2. The number of methoxy groups -OCH3 is 1. The van der Waals surface area contributed by atoms with E-state index in [1.165, 1.54) is 5.56 Å². The maximum atomic E-state index is 12.5. The van der Waals surface area contributed by atoms with Crippen LogP contribution in [0.4, 0.5) is 0 Å². The van der Waals surface area contributed by atoms with Gasteiger partial charge in [0.15, 0.2) is 5.78 Å². The van der Waals surface area contributed by atoms with Crippen molar-refractivity contribution in [1.82, 2.24) is 5.48 Å². The van der Waals surface area contributed by atoms with E-state index in [4.69, 9.17) is 9.94 Å². The number of benzene rings is 2. The minimum Gasteiger partial charge on any atom is -0.497 e. The molecule has 2 aromatic rings. The molecule has 0 saturated heterocycles. The Morgan fingerprint density at radius 2 is 1.92 bits per heavy atom. The molecular weight excluding hydrogens is 318 g/mol. The SMILES string of the molecule is COc1ccc(C(=O)Cc2ccc3c(c2)CC(C(=O)NO)CC3)cc1. The summed E-state index contributed by atoms with van der Waals surface area (Å²) in [6, 6.07) is 13.1. The molecule has 0 heterocycles. The molecular formula is C20H21NO4. The van der Waals surface area contributed by atoms with Gasteiger partial charge in [0.2, 0.25) is 5.91 Å². The van der Waals surface area contributed by atoms with Crippen LogP contribution < -0.4 is 10.2 Å². The number of hydrogen-bond donors (Lipinski definition) is 2. The van der Waals surface area contributed by atoms with E-state index in [-0.39, 0.29) is 17.6 Å². The zero-order valence-corrected chi connectivity index (χ0v) is 14.1. The van der Waals surface area contributed by atoms with E-state index in [1.54, 1.807) is 36.9 Å². The summed E-state index contributed by atoms with van der Waals surface area (Å²) in [6.45, 7) is 0. The summed E-state index contributed by atoms with van der Waals surface area (Å²) in [7, 11) is 1.59. The van der Waals surface area contributed by atoms with Crippen LogP contribution in [0.5, 0.6) is 5.75 Å². The number of ether oxygens (including phenoxy) is 1. The Morgan fingerprint density at radius 1 is 1.16 bits per heavy atom. The zero-order chi connectivity index (χ0) is 17.8. The predicted molar refractivity (Wildman–Crippen MR) is 92.9 cm³/mol. The molecule has 25 heavy (non-hydrogen) atoms. The summed E-state index contributed by atoms with van der Waals surface area (Å²) in [5, 5.41) is 8.82. The molecule has 1 aliphatic rings. The Hall–Kier alpha value is -2.66. The van der Waals surface area contributed by atoms with Crippen molar-refractivity contribution >= 4 is 11.7 Å². The molecule has 1 aliphatic carbocycles. The Morgan fingerprint density at radius 3 is 2.60 bits per heavy atom. The van der Waals surface area contributed by atoms with Gasteiger partial charge in [-0.3, -0.25) is 14.8 Å². The number of hydrogen-bond acceptors (Lipinski definition) is 4. The topological polar surface area (TPSA) is 75.6 Å². The van der Waals surface area contributed by atoms with Crippen molar-refractivity contribution < 1.29 is 19.5 Å². The van der Waals surface area contributed by atoms with Gasteiger partial charge in [-0.25, -0.2) is 5.48 Å². The third kappa shape index (κ3) is 3.88. The van der Waals surface area contributed by atoms with Crippen LogP contribution in [-0.2, 0) is 24.1 Å². The van der Waals surface area contributed by atoms with Gasteiger partial charge in [-0.2, -0.15) is 0 Å². The van der Waals surface area contributed by atoms with Gasteiger partial charge >= 0.3 is 0 Å². The highest BCUT2D eigenvalue weighted by atomic mass is 16.5.